The zero-order valence-electron chi connectivity index (χ0n) is 13.9. The molecule has 0 saturated carbocycles. The van der Waals surface area contributed by atoms with E-state index in [1.54, 1.807) is 0 Å². The third kappa shape index (κ3) is 4.75. The van der Waals surface area contributed by atoms with E-state index in [2.05, 4.69) is 33.0 Å². The SMILES string of the molecule is Cc1nc(C2CCOC2)nc(C)c1CCCNCC(C)C. The van der Waals surface area contributed by atoms with Gasteiger partial charge in [-0.1, -0.05) is 13.8 Å². The zero-order chi connectivity index (χ0) is 15.2. The topological polar surface area (TPSA) is 47.0 Å². The number of nitrogens with one attached hydrogen (secondary N) is 1. The summed E-state index contributed by atoms with van der Waals surface area (Å²) in [6, 6.07) is 0. The lowest BCUT2D eigenvalue weighted by Crippen LogP contribution is -2.21. The van der Waals surface area contributed by atoms with E-state index in [-0.39, 0.29) is 0 Å². The van der Waals surface area contributed by atoms with Crippen molar-refractivity contribution in [1.29, 1.82) is 0 Å². The van der Waals surface area contributed by atoms with Crippen LogP contribution in [0.4, 0.5) is 0 Å². The van der Waals surface area contributed by atoms with Crippen molar-refractivity contribution in [3.8, 4) is 0 Å². The van der Waals surface area contributed by atoms with Gasteiger partial charge in [-0.25, -0.2) is 9.97 Å². The maximum atomic E-state index is 5.44. The summed E-state index contributed by atoms with van der Waals surface area (Å²) in [6.07, 6.45) is 3.26. The van der Waals surface area contributed by atoms with Crippen LogP contribution in [0.25, 0.3) is 0 Å². The molecular formula is C17H29N3O. The fraction of sp³-hybridized carbons (Fsp3) is 0.765. The summed E-state index contributed by atoms with van der Waals surface area (Å²) in [5.41, 5.74) is 3.62. The molecule has 118 valence electrons. The highest BCUT2D eigenvalue weighted by Crippen LogP contribution is 2.24. The highest BCUT2D eigenvalue weighted by molar-refractivity contribution is 5.25. The average molecular weight is 291 g/mol. The Morgan fingerprint density at radius 1 is 1.24 bits per heavy atom. The number of hydrogen-bond donors (Lipinski definition) is 1. The van der Waals surface area contributed by atoms with E-state index in [4.69, 9.17) is 14.7 Å². The molecule has 1 fully saturated rings. The number of ether oxygens (including phenoxy) is 1. The van der Waals surface area contributed by atoms with Gasteiger partial charge in [-0.05, 0) is 57.7 Å². The molecule has 1 aromatic rings. The van der Waals surface area contributed by atoms with Gasteiger partial charge in [-0.15, -0.1) is 0 Å². The third-order valence-corrected chi connectivity index (χ3v) is 4.07. The van der Waals surface area contributed by atoms with E-state index >= 15 is 0 Å². The number of aromatic nitrogens is 2. The third-order valence-electron chi connectivity index (χ3n) is 4.07. The van der Waals surface area contributed by atoms with Crippen molar-refractivity contribution in [3.63, 3.8) is 0 Å². The largest absolute Gasteiger partial charge is 0.381 e. The van der Waals surface area contributed by atoms with Gasteiger partial charge < -0.3 is 10.1 Å². The molecule has 4 heteroatoms. The van der Waals surface area contributed by atoms with E-state index in [1.807, 2.05) is 0 Å². The van der Waals surface area contributed by atoms with Crippen molar-refractivity contribution < 1.29 is 4.74 Å². The van der Waals surface area contributed by atoms with Crippen LogP contribution < -0.4 is 5.32 Å². The normalized spacial score (nSPS) is 18.6. The molecule has 1 atom stereocenters. The fourth-order valence-corrected chi connectivity index (χ4v) is 2.83. The van der Waals surface area contributed by atoms with Gasteiger partial charge >= 0.3 is 0 Å². The van der Waals surface area contributed by atoms with Crippen molar-refractivity contribution in [2.75, 3.05) is 26.3 Å². The van der Waals surface area contributed by atoms with Gasteiger partial charge in [-0.2, -0.15) is 0 Å². The lowest BCUT2D eigenvalue weighted by molar-refractivity contribution is 0.193. The maximum absolute atomic E-state index is 5.44. The minimum absolute atomic E-state index is 0.393. The monoisotopic (exact) mass is 291 g/mol. The Morgan fingerprint density at radius 3 is 2.52 bits per heavy atom. The Hall–Kier alpha value is -1.00. The Bertz CT molecular complexity index is 430. The quantitative estimate of drug-likeness (QED) is 0.785. The second-order valence-corrected chi connectivity index (χ2v) is 6.49. The van der Waals surface area contributed by atoms with Gasteiger partial charge in [0.05, 0.1) is 6.61 Å². The second kappa shape index (κ2) is 7.85. The molecule has 4 nitrogen and oxygen atoms in total. The van der Waals surface area contributed by atoms with Crippen molar-refractivity contribution in [3.05, 3.63) is 22.8 Å². The molecule has 2 heterocycles. The van der Waals surface area contributed by atoms with Gasteiger partial charge in [0.25, 0.3) is 0 Å². The van der Waals surface area contributed by atoms with E-state index in [0.29, 0.717) is 11.8 Å². The Kier molecular flexibility index (Phi) is 6.12. The average Bonchev–Trinajstić information content (AvgIpc) is 2.94. The molecular weight excluding hydrogens is 262 g/mol. The van der Waals surface area contributed by atoms with Crippen LogP contribution in [0.1, 0.15) is 55.4 Å². The second-order valence-electron chi connectivity index (χ2n) is 6.49. The van der Waals surface area contributed by atoms with Crippen molar-refractivity contribution in [2.24, 2.45) is 5.92 Å². The molecule has 1 saturated heterocycles. The standard InChI is InChI=1S/C17H29N3O/c1-12(2)10-18-8-5-6-16-13(3)19-17(20-14(16)4)15-7-9-21-11-15/h12,15,18H,5-11H2,1-4H3. The first-order valence-corrected chi connectivity index (χ1v) is 8.20. The lowest BCUT2D eigenvalue weighted by Gasteiger charge is -2.14. The van der Waals surface area contributed by atoms with Crippen LogP contribution >= 0.6 is 0 Å². The van der Waals surface area contributed by atoms with Gasteiger partial charge in [-0.3, -0.25) is 0 Å². The van der Waals surface area contributed by atoms with Gasteiger partial charge in [0.15, 0.2) is 0 Å². The summed E-state index contributed by atoms with van der Waals surface area (Å²) in [4.78, 5) is 9.46. The molecule has 1 N–H and O–H groups in total. The molecule has 0 aliphatic carbocycles. The smallest absolute Gasteiger partial charge is 0.134 e. The van der Waals surface area contributed by atoms with Crippen LogP contribution in [0, 0.1) is 19.8 Å². The Labute approximate surface area is 128 Å². The Balaban J connectivity index is 1.90. The summed E-state index contributed by atoms with van der Waals surface area (Å²) in [6.45, 7) is 12.5. The predicted octanol–water partition coefficient (Wildman–Crippen LogP) is 2.78. The highest BCUT2D eigenvalue weighted by Gasteiger charge is 2.21. The van der Waals surface area contributed by atoms with Crippen molar-refractivity contribution >= 4 is 0 Å². The first kappa shape index (κ1) is 16.4. The molecule has 0 radical (unpaired) electrons. The fourth-order valence-electron chi connectivity index (χ4n) is 2.83. The zero-order valence-corrected chi connectivity index (χ0v) is 13.9. The summed E-state index contributed by atoms with van der Waals surface area (Å²) < 4.78 is 5.44. The maximum Gasteiger partial charge on any atom is 0.134 e. The van der Waals surface area contributed by atoms with E-state index in [9.17, 15) is 0 Å². The minimum atomic E-state index is 0.393. The van der Waals surface area contributed by atoms with Gasteiger partial charge in [0, 0.05) is 23.9 Å². The number of nitrogens with zero attached hydrogens (tertiary/aromatic N) is 2. The van der Waals surface area contributed by atoms with Crippen molar-refractivity contribution in [1.82, 2.24) is 15.3 Å². The highest BCUT2D eigenvalue weighted by atomic mass is 16.5. The van der Waals surface area contributed by atoms with Crippen LogP contribution in [-0.2, 0) is 11.2 Å². The van der Waals surface area contributed by atoms with Crippen LogP contribution in [-0.4, -0.2) is 36.3 Å². The first-order valence-electron chi connectivity index (χ1n) is 8.20. The van der Waals surface area contributed by atoms with E-state index in [0.717, 1.165) is 62.8 Å². The van der Waals surface area contributed by atoms with Crippen LogP contribution in [0.5, 0.6) is 0 Å². The molecule has 1 aliphatic rings. The minimum Gasteiger partial charge on any atom is -0.381 e. The number of hydrogen-bond acceptors (Lipinski definition) is 4. The number of aryl methyl sites for hydroxylation is 2. The Morgan fingerprint density at radius 2 is 1.95 bits per heavy atom. The molecule has 21 heavy (non-hydrogen) atoms. The van der Waals surface area contributed by atoms with Gasteiger partial charge in [0.1, 0.15) is 5.82 Å². The molecule has 0 amide bonds. The first-order chi connectivity index (χ1) is 10.1. The molecule has 0 bridgehead atoms. The van der Waals surface area contributed by atoms with E-state index in [1.165, 1.54) is 5.56 Å². The molecule has 1 aromatic heterocycles. The number of rotatable bonds is 7. The van der Waals surface area contributed by atoms with Crippen LogP contribution in [0.2, 0.25) is 0 Å². The summed E-state index contributed by atoms with van der Waals surface area (Å²) in [7, 11) is 0. The lowest BCUT2D eigenvalue weighted by atomic mass is 10.0. The summed E-state index contributed by atoms with van der Waals surface area (Å²) in [5, 5.41) is 3.49. The molecule has 1 aliphatic heterocycles. The van der Waals surface area contributed by atoms with Crippen molar-refractivity contribution in [2.45, 2.75) is 52.9 Å². The molecule has 2 rings (SSSR count). The molecule has 0 aromatic carbocycles. The molecule has 1 unspecified atom stereocenters. The molecule has 0 spiro atoms. The van der Waals surface area contributed by atoms with E-state index < -0.39 is 0 Å². The van der Waals surface area contributed by atoms with Gasteiger partial charge in [0.2, 0.25) is 0 Å². The summed E-state index contributed by atoms with van der Waals surface area (Å²) in [5.74, 6) is 2.08. The van der Waals surface area contributed by atoms with Crippen LogP contribution in [0.3, 0.4) is 0 Å². The predicted molar refractivity (Wildman–Crippen MR) is 85.7 cm³/mol. The van der Waals surface area contributed by atoms with Crippen LogP contribution in [0.15, 0.2) is 0 Å². The summed E-state index contributed by atoms with van der Waals surface area (Å²) >= 11 is 0.